The SMILES string of the molecule is COc1ccc(C)cc1Nc1cc(C(=O)NCc2ccc3c(c2)OCO3)ncn1. The van der Waals surface area contributed by atoms with Crippen LogP contribution in [0.15, 0.2) is 48.8 Å². The number of rotatable bonds is 6. The predicted molar refractivity (Wildman–Crippen MR) is 107 cm³/mol. The molecule has 2 aromatic carbocycles. The second-order valence-corrected chi connectivity index (χ2v) is 6.49. The lowest BCUT2D eigenvalue weighted by Crippen LogP contribution is -2.24. The largest absolute Gasteiger partial charge is 0.495 e. The summed E-state index contributed by atoms with van der Waals surface area (Å²) in [4.78, 5) is 20.8. The Morgan fingerprint density at radius 1 is 1.10 bits per heavy atom. The number of aryl methyl sites for hydroxylation is 1. The van der Waals surface area contributed by atoms with E-state index in [4.69, 9.17) is 14.2 Å². The molecule has 1 aromatic heterocycles. The van der Waals surface area contributed by atoms with E-state index >= 15 is 0 Å². The van der Waals surface area contributed by atoms with Crippen molar-refractivity contribution >= 4 is 17.4 Å². The molecule has 29 heavy (non-hydrogen) atoms. The van der Waals surface area contributed by atoms with Crippen molar-refractivity contribution in [2.24, 2.45) is 0 Å². The molecule has 0 saturated carbocycles. The third kappa shape index (κ3) is 4.21. The topological polar surface area (TPSA) is 94.6 Å². The van der Waals surface area contributed by atoms with Crippen LogP contribution in [0, 0.1) is 6.92 Å². The van der Waals surface area contributed by atoms with E-state index in [2.05, 4.69) is 20.6 Å². The molecular weight excluding hydrogens is 372 g/mol. The van der Waals surface area contributed by atoms with Crippen molar-refractivity contribution < 1.29 is 19.0 Å². The number of aromatic nitrogens is 2. The summed E-state index contributed by atoms with van der Waals surface area (Å²) < 4.78 is 16.0. The van der Waals surface area contributed by atoms with Crippen molar-refractivity contribution in [1.29, 1.82) is 0 Å². The minimum Gasteiger partial charge on any atom is -0.495 e. The lowest BCUT2D eigenvalue weighted by molar-refractivity contribution is 0.0945. The number of amides is 1. The monoisotopic (exact) mass is 392 g/mol. The van der Waals surface area contributed by atoms with Gasteiger partial charge in [0.05, 0.1) is 12.8 Å². The molecule has 148 valence electrons. The van der Waals surface area contributed by atoms with Gasteiger partial charge in [0.25, 0.3) is 5.91 Å². The van der Waals surface area contributed by atoms with Gasteiger partial charge in [-0.05, 0) is 42.3 Å². The van der Waals surface area contributed by atoms with Crippen molar-refractivity contribution in [1.82, 2.24) is 15.3 Å². The summed E-state index contributed by atoms with van der Waals surface area (Å²) in [5.41, 5.74) is 3.00. The van der Waals surface area contributed by atoms with Crippen LogP contribution in [-0.4, -0.2) is 29.8 Å². The number of benzene rings is 2. The summed E-state index contributed by atoms with van der Waals surface area (Å²) in [5.74, 6) is 2.26. The van der Waals surface area contributed by atoms with Crippen molar-refractivity contribution in [2.75, 3.05) is 19.2 Å². The number of hydrogen-bond donors (Lipinski definition) is 2. The van der Waals surface area contributed by atoms with E-state index in [0.717, 1.165) is 16.8 Å². The molecule has 0 spiro atoms. The maximum atomic E-state index is 12.5. The van der Waals surface area contributed by atoms with Crippen LogP contribution in [0.2, 0.25) is 0 Å². The number of carbonyl (C=O) groups is 1. The van der Waals surface area contributed by atoms with Gasteiger partial charge in [0.2, 0.25) is 6.79 Å². The third-order valence-corrected chi connectivity index (χ3v) is 4.41. The number of hydrogen-bond acceptors (Lipinski definition) is 7. The molecule has 4 rings (SSSR count). The van der Waals surface area contributed by atoms with Crippen LogP contribution in [0.3, 0.4) is 0 Å². The number of nitrogens with zero attached hydrogens (tertiary/aromatic N) is 2. The van der Waals surface area contributed by atoms with E-state index < -0.39 is 0 Å². The van der Waals surface area contributed by atoms with Crippen molar-refractivity contribution in [3.8, 4) is 17.2 Å². The van der Waals surface area contributed by atoms with Crippen molar-refractivity contribution in [3.05, 3.63) is 65.6 Å². The summed E-state index contributed by atoms with van der Waals surface area (Å²) in [6, 6.07) is 12.9. The molecule has 0 atom stereocenters. The Hall–Kier alpha value is -3.81. The first-order chi connectivity index (χ1) is 14.1. The summed E-state index contributed by atoms with van der Waals surface area (Å²) in [6.45, 7) is 2.54. The van der Waals surface area contributed by atoms with E-state index in [0.29, 0.717) is 29.6 Å². The van der Waals surface area contributed by atoms with Gasteiger partial charge in [0.15, 0.2) is 11.5 Å². The Morgan fingerprint density at radius 2 is 1.97 bits per heavy atom. The average molecular weight is 392 g/mol. The summed E-state index contributed by atoms with van der Waals surface area (Å²) in [7, 11) is 1.60. The summed E-state index contributed by atoms with van der Waals surface area (Å²) >= 11 is 0. The molecule has 8 heteroatoms. The predicted octanol–water partition coefficient (Wildman–Crippen LogP) is 3.20. The molecule has 1 aliphatic heterocycles. The molecule has 0 bridgehead atoms. The fourth-order valence-electron chi connectivity index (χ4n) is 2.93. The molecule has 8 nitrogen and oxygen atoms in total. The highest BCUT2D eigenvalue weighted by Crippen LogP contribution is 2.32. The van der Waals surface area contributed by atoms with Crippen LogP contribution < -0.4 is 24.8 Å². The van der Waals surface area contributed by atoms with Crippen LogP contribution in [0.1, 0.15) is 21.6 Å². The minimum atomic E-state index is -0.302. The summed E-state index contributed by atoms with van der Waals surface area (Å²) in [6.07, 6.45) is 1.35. The molecule has 0 radical (unpaired) electrons. The average Bonchev–Trinajstić information content (AvgIpc) is 3.20. The van der Waals surface area contributed by atoms with Crippen molar-refractivity contribution in [3.63, 3.8) is 0 Å². The number of ether oxygens (including phenoxy) is 3. The van der Waals surface area contributed by atoms with Crippen LogP contribution in [0.4, 0.5) is 11.5 Å². The molecule has 1 aliphatic rings. The van der Waals surface area contributed by atoms with Gasteiger partial charge >= 0.3 is 0 Å². The Morgan fingerprint density at radius 3 is 2.83 bits per heavy atom. The second kappa shape index (κ2) is 8.05. The Kier molecular flexibility index (Phi) is 5.15. The normalized spacial score (nSPS) is 11.8. The zero-order valence-corrected chi connectivity index (χ0v) is 16.1. The van der Waals surface area contributed by atoms with E-state index in [1.54, 1.807) is 13.2 Å². The maximum Gasteiger partial charge on any atom is 0.270 e. The standard InChI is InChI=1S/C21H20N4O4/c1-13-3-5-17(27-2)15(7-13)25-20-9-16(23-11-24-20)21(26)22-10-14-4-6-18-19(8-14)29-12-28-18/h3-9,11H,10,12H2,1-2H3,(H,22,26)(H,23,24,25). The molecule has 1 amide bonds. The maximum absolute atomic E-state index is 12.5. The second-order valence-electron chi connectivity index (χ2n) is 6.49. The number of nitrogens with one attached hydrogen (secondary N) is 2. The highest BCUT2D eigenvalue weighted by molar-refractivity contribution is 5.93. The molecule has 2 heterocycles. The molecule has 0 aliphatic carbocycles. The molecule has 0 unspecified atom stereocenters. The fourth-order valence-corrected chi connectivity index (χ4v) is 2.93. The molecule has 0 fully saturated rings. The van der Waals surface area contributed by atoms with Crippen LogP contribution in [0.25, 0.3) is 0 Å². The highest BCUT2D eigenvalue weighted by atomic mass is 16.7. The third-order valence-electron chi connectivity index (χ3n) is 4.41. The number of fused-ring (bicyclic) bond motifs is 1. The number of methoxy groups -OCH3 is 1. The Labute approximate surface area is 167 Å². The minimum absolute atomic E-state index is 0.216. The lowest BCUT2D eigenvalue weighted by atomic mass is 10.2. The van der Waals surface area contributed by atoms with Gasteiger partial charge in [-0.1, -0.05) is 12.1 Å². The van der Waals surface area contributed by atoms with Gasteiger partial charge in [0, 0.05) is 12.6 Å². The molecule has 0 saturated heterocycles. The Bertz CT molecular complexity index is 1050. The zero-order valence-electron chi connectivity index (χ0n) is 16.1. The van der Waals surface area contributed by atoms with E-state index in [9.17, 15) is 4.79 Å². The highest BCUT2D eigenvalue weighted by Gasteiger charge is 2.14. The van der Waals surface area contributed by atoms with Crippen LogP contribution in [0.5, 0.6) is 17.2 Å². The van der Waals surface area contributed by atoms with Crippen molar-refractivity contribution in [2.45, 2.75) is 13.5 Å². The quantitative estimate of drug-likeness (QED) is 0.665. The van der Waals surface area contributed by atoms with E-state index in [1.165, 1.54) is 6.33 Å². The molecular formula is C21H20N4O4. The Balaban J connectivity index is 1.44. The first-order valence-electron chi connectivity index (χ1n) is 9.03. The molecule has 2 N–H and O–H groups in total. The van der Waals surface area contributed by atoms with E-state index in [1.807, 2.05) is 43.3 Å². The number of carbonyl (C=O) groups excluding carboxylic acids is 1. The zero-order chi connectivity index (χ0) is 20.2. The van der Waals surface area contributed by atoms with Gasteiger partial charge < -0.3 is 24.8 Å². The van der Waals surface area contributed by atoms with Gasteiger partial charge in [0.1, 0.15) is 23.6 Å². The van der Waals surface area contributed by atoms with Gasteiger partial charge in [-0.3, -0.25) is 4.79 Å². The lowest BCUT2D eigenvalue weighted by Gasteiger charge is -2.12. The first-order valence-corrected chi connectivity index (χ1v) is 9.03. The van der Waals surface area contributed by atoms with Gasteiger partial charge in [-0.15, -0.1) is 0 Å². The van der Waals surface area contributed by atoms with Gasteiger partial charge in [-0.2, -0.15) is 0 Å². The number of anilines is 2. The summed E-state index contributed by atoms with van der Waals surface area (Å²) in [5, 5.41) is 6.03. The van der Waals surface area contributed by atoms with Gasteiger partial charge in [-0.25, -0.2) is 9.97 Å². The molecule has 3 aromatic rings. The van der Waals surface area contributed by atoms with E-state index in [-0.39, 0.29) is 18.4 Å². The van der Waals surface area contributed by atoms with Crippen LogP contribution >= 0.6 is 0 Å². The fraction of sp³-hybridized carbons (Fsp3) is 0.190. The first kappa shape index (κ1) is 18.5. The van der Waals surface area contributed by atoms with Crippen LogP contribution in [-0.2, 0) is 6.54 Å². The smallest absolute Gasteiger partial charge is 0.270 e.